The highest BCUT2D eigenvalue weighted by atomic mass is 15.1. The number of nitrogens with one attached hydrogen (secondary N) is 2. The first-order chi connectivity index (χ1) is 8.85. The van der Waals surface area contributed by atoms with E-state index in [1.165, 1.54) is 5.56 Å². The van der Waals surface area contributed by atoms with Crippen LogP contribution < -0.4 is 5.32 Å². The number of fused-ring (bicyclic) bond motifs is 1. The molecule has 0 bridgehead atoms. The average Bonchev–Trinajstić information content (AvgIpc) is 3.04. The second-order valence-corrected chi connectivity index (χ2v) is 4.38. The summed E-state index contributed by atoms with van der Waals surface area (Å²) in [5.41, 5.74) is 3.46. The second-order valence-electron chi connectivity index (χ2n) is 4.38. The van der Waals surface area contributed by atoms with Crippen molar-refractivity contribution in [2.45, 2.75) is 20.0 Å². The van der Waals surface area contributed by atoms with Crippen LogP contribution in [-0.4, -0.2) is 14.8 Å². The molecule has 2 aromatic heterocycles. The summed E-state index contributed by atoms with van der Waals surface area (Å²) in [6.45, 7) is 4.00. The van der Waals surface area contributed by atoms with Gasteiger partial charge in [-0.1, -0.05) is 0 Å². The largest absolute Gasteiger partial charge is 0.381 e. The minimum atomic E-state index is 0.840. The van der Waals surface area contributed by atoms with Crippen molar-refractivity contribution in [1.29, 1.82) is 0 Å². The molecule has 92 valence electrons. The number of aromatic amines is 1. The Morgan fingerprint density at radius 1 is 1.33 bits per heavy atom. The van der Waals surface area contributed by atoms with Crippen LogP contribution in [0.5, 0.6) is 0 Å². The molecule has 0 fully saturated rings. The Bertz CT molecular complexity index is 650. The third-order valence-electron chi connectivity index (χ3n) is 3.12. The first kappa shape index (κ1) is 10.9. The summed E-state index contributed by atoms with van der Waals surface area (Å²) in [5, 5.41) is 11.6. The predicted octanol–water partition coefficient (Wildman–Crippen LogP) is 3.00. The fourth-order valence-electron chi connectivity index (χ4n) is 2.04. The van der Waals surface area contributed by atoms with Crippen LogP contribution in [0.2, 0.25) is 0 Å². The highest BCUT2D eigenvalue weighted by molar-refractivity contribution is 5.81. The van der Waals surface area contributed by atoms with Gasteiger partial charge in [-0.3, -0.25) is 5.10 Å². The summed E-state index contributed by atoms with van der Waals surface area (Å²) in [5.74, 6) is 0. The third kappa shape index (κ3) is 2.09. The summed E-state index contributed by atoms with van der Waals surface area (Å²) in [6.07, 6.45) is 6.11. The molecule has 2 heterocycles. The van der Waals surface area contributed by atoms with E-state index in [-0.39, 0.29) is 0 Å². The number of H-pyrrole nitrogens is 1. The molecule has 3 aromatic rings. The number of aryl methyl sites for hydroxylation is 1. The molecule has 0 spiro atoms. The van der Waals surface area contributed by atoms with E-state index in [1.54, 1.807) is 0 Å². The summed E-state index contributed by atoms with van der Waals surface area (Å²) in [6, 6.07) is 8.37. The van der Waals surface area contributed by atoms with E-state index in [9.17, 15) is 0 Å². The number of hydrogen-bond acceptors (Lipinski definition) is 2. The molecule has 0 aliphatic rings. The second kappa shape index (κ2) is 4.56. The molecule has 4 nitrogen and oxygen atoms in total. The van der Waals surface area contributed by atoms with Gasteiger partial charge in [0.2, 0.25) is 0 Å². The van der Waals surface area contributed by atoms with Gasteiger partial charge in [0.15, 0.2) is 0 Å². The van der Waals surface area contributed by atoms with Gasteiger partial charge in [0, 0.05) is 36.6 Å². The fraction of sp³-hybridized carbons (Fsp3) is 0.214. The Balaban J connectivity index is 1.72. The van der Waals surface area contributed by atoms with Gasteiger partial charge in [-0.05, 0) is 36.8 Å². The van der Waals surface area contributed by atoms with Crippen LogP contribution >= 0.6 is 0 Å². The lowest BCUT2D eigenvalue weighted by molar-refractivity contribution is 0.766. The minimum absolute atomic E-state index is 0.840. The van der Waals surface area contributed by atoms with Crippen molar-refractivity contribution in [3.63, 3.8) is 0 Å². The maximum absolute atomic E-state index is 4.02. The maximum Gasteiger partial charge on any atom is 0.0670 e. The fourth-order valence-corrected chi connectivity index (χ4v) is 2.04. The molecule has 0 unspecified atom stereocenters. The Kier molecular flexibility index (Phi) is 2.76. The zero-order chi connectivity index (χ0) is 12.4. The van der Waals surface area contributed by atoms with E-state index in [2.05, 4.69) is 63.7 Å². The normalized spacial score (nSPS) is 10.9. The molecule has 2 N–H and O–H groups in total. The van der Waals surface area contributed by atoms with Crippen LogP contribution in [-0.2, 0) is 13.1 Å². The zero-order valence-electron chi connectivity index (χ0n) is 10.4. The maximum atomic E-state index is 4.02. The molecular weight excluding hydrogens is 224 g/mol. The van der Waals surface area contributed by atoms with Crippen molar-refractivity contribution >= 4 is 16.6 Å². The molecule has 0 radical (unpaired) electrons. The van der Waals surface area contributed by atoms with Crippen LogP contribution in [0.25, 0.3) is 10.9 Å². The van der Waals surface area contributed by atoms with E-state index in [1.807, 2.05) is 6.20 Å². The molecule has 3 rings (SSSR count). The number of hydrogen-bond donors (Lipinski definition) is 2. The van der Waals surface area contributed by atoms with Gasteiger partial charge in [0.25, 0.3) is 0 Å². The highest BCUT2D eigenvalue weighted by Gasteiger charge is 1.99. The van der Waals surface area contributed by atoms with Crippen LogP contribution in [0.1, 0.15) is 12.5 Å². The van der Waals surface area contributed by atoms with Gasteiger partial charge < -0.3 is 9.88 Å². The topological polar surface area (TPSA) is 45.6 Å². The first-order valence-corrected chi connectivity index (χ1v) is 6.17. The molecule has 18 heavy (non-hydrogen) atoms. The minimum Gasteiger partial charge on any atom is -0.381 e. The SMILES string of the molecule is CCn1ccc(CNc2ccc3cn[nH]c3c2)c1. The van der Waals surface area contributed by atoms with Crippen molar-refractivity contribution in [3.05, 3.63) is 48.4 Å². The molecule has 1 aromatic carbocycles. The Hall–Kier alpha value is -2.23. The molecule has 0 aliphatic heterocycles. The van der Waals surface area contributed by atoms with E-state index < -0.39 is 0 Å². The van der Waals surface area contributed by atoms with Crippen molar-refractivity contribution in [1.82, 2.24) is 14.8 Å². The predicted molar refractivity (Wildman–Crippen MR) is 73.5 cm³/mol. The van der Waals surface area contributed by atoms with Crippen molar-refractivity contribution in [3.8, 4) is 0 Å². The lowest BCUT2D eigenvalue weighted by atomic mass is 10.2. The zero-order valence-corrected chi connectivity index (χ0v) is 10.4. The summed E-state index contributed by atoms with van der Waals surface area (Å²) < 4.78 is 2.18. The number of aromatic nitrogens is 3. The molecule has 0 saturated carbocycles. The van der Waals surface area contributed by atoms with E-state index >= 15 is 0 Å². The number of benzene rings is 1. The lowest BCUT2D eigenvalue weighted by Gasteiger charge is -2.04. The Morgan fingerprint density at radius 2 is 2.28 bits per heavy atom. The Labute approximate surface area is 106 Å². The van der Waals surface area contributed by atoms with Gasteiger partial charge in [-0.2, -0.15) is 5.10 Å². The number of anilines is 1. The molecule has 4 heteroatoms. The van der Waals surface area contributed by atoms with Crippen LogP contribution in [0.4, 0.5) is 5.69 Å². The van der Waals surface area contributed by atoms with Crippen molar-refractivity contribution in [2.24, 2.45) is 0 Å². The van der Waals surface area contributed by atoms with Crippen LogP contribution in [0.15, 0.2) is 42.9 Å². The molecule has 0 saturated heterocycles. The quantitative estimate of drug-likeness (QED) is 0.736. The molecule has 0 aliphatic carbocycles. The standard InChI is InChI=1S/C14H16N4/c1-2-18-6-5-11(10-18)8-15-13-4-3-12-9-16-17-14(12)7-13/h3-7,9-10,15H,2,8H2,1H3,(H,16,17). The van der Waals surface area contributed by atoms with Gasteiger partial charge in [-0.15, -0.1) is 0 Å². The van der Waals surface area contributed by atoms with Gasteiger partial charge in [0.05, 0.1) is 11.7 Å². The van der Waals surface area contributed by atoms with Gasteiger partial charge >= 0.3 is 0 Å². The number of rotatable bonds is 4. The van der Waals surface area contributed by atoms with Crippen LogP contribution in [0.3, 0.4) is 0 Å². The van der Waals surface area contributed by atoms with Gasteiger partial charge in [0.1, 0.15) is 0 Å². The molecule has 0 atom stereocenters. The van der Waals surface area contributed by atoms with E-state index in [0.717, 1.165) is 29.7 Å². The smallest absolute Gasteiger partial charge is 0.0670 e. The number of nitrogens with zero attached hydrogens (tertiary/aromatic N) is 2. The van der Waals surface area contributed by atoms with Crippen molar-refractivity contribution < 1.29 is 0 Å². The monoisotopic (exact) mass is 240 g/mol. The molecular formula is C14H16N4. The lowest BCUT2D eigenvalue weighted by Crippen LogP contribution is -1.98. The summed E-state index contributed by atoms with van der Waals surface area (Å²) in [4.78, 5) is 0. The third-order valence-corrected chi connectivity index (χ3v) is 3.12. The molecule has 0 amide bonds. The Morgan fingerprint density at radius 3 is 3.11 bits per heavy atom. The van der Waals surface area contributed by atoms with E-state index in [0.29, 0.717) is 0 Å². The van der Waals surface area contributed by atoms with Gasteiger partial charge in [-0.25, -0.2) is 0 Å². The average molecular weight is 240 g/mol. The first-order valence-electron chi connectivity index (χ1n) is 6.17. The highest BCUT2D eigenvalue weighted by Crippen LogP contribution is 2.17. The van der Waals surface area contributed by atoms with E-state index in [4.69, 9.17) is 0 Å². The van der Waals surface area contributed by atoms with Crippen molar-refractivity contribution in [2.75, 3.05) is 5.32 Å². The van der Waals surface area contributed by atoms with Crippen LogP contribution in [0, 0.1) is 0 Å². The summed E-state index contributed by atoms with van der Waals surface area (Å²) >= 11 is 0. The summed E-state index contributed by atoms with van der Waals surface area (Å²) in [7, 11) is 0.